The Morgan fingerprint density at radius 3 is 2.75 bits per heavy atom. The van der Waals surface area contributed by atoms with Crippen molar-refractivity contribution >= 4 is 22.4 Å². The van der Waals surface area contributed by atoms with Gasteiger partial charge in [-0.1, -0.05) is 65.9 Å². The van der Waals surface area contributed by atoms with E-state index in [2.05, 4.69) is 33.0 Å². The molecule has 1 aromatic heterocycles. The monoisotopic (exact) mass is 442 g/mol. The van der Waals surface area contributed by atoms with Crippen LogP contribution in [0.1, 0.15) is 26.5 Å². The topological polar surface area (TPSA) is 76.1 Å². The van der Waals surface area contributed by atoms with Gasteiger partial charge in [-0.2, -0.15) is 0 Å². The van der Waals surface area contributed by atoms with Crippen LogP contribution >= 0.6 is 11.3 Å². The lowest BCUT2D eigenvalue weighted by Crippen LogP contribution is -2.24. The van der Waals surface area contributed by atoms with Crippen LogP contribution < -0.4 is 15.4 Å². The molecule has 5 rings (SSSR count). The average molecular weight is 443 g/mol. The first-order chi connectivity index (χ1) is 15.8. The highest BCUT2D eigenvalue weighted by Gasteiger charge is 2.15. The van der Waals surface area contributed by atoms with Crippen molar-refractivity contribution in [3.05, 3.63) is 94.5 Å². The Balaban J connectivity index is 1.24. The number of para-hydroxylation sites is 1. The molecule has 0 spiro atoms. The third kappa shape index (κ3) is 4.54. The largest absolute Gasteiger partial charge is 0.486 e. The summed E-state index contributed by atoms with van der Waals surface area (Å²) in [5, 5.41) is 15.6. The van der Waals surface area contributed by atoms with Gasteiger partial charge in [-0.15, -0.1) is 10.2 Å². The maximum absolute atomic E-state index is 12.7. The molecule has 1 aliphatic rings. The molecule has 0 bridgehead atoms. The van der Waals surface area contributed by atoms with Crippen LogP contribution in [0.4, 0.5) is 5.13 Å². The van der Waals surface area contributed by atoms with Gasteiger partial charge in [0, 0.05) is 17.7 Å². The number of ether oxygens (including phenoxy) is 1. The fourth-order valence-electron chi connectivity index (χ4n) is 3.74. The molecule has 0 saturated carbocycles. The van der Waals surface area contributed by atoms with Crippen LogP contribution in [-0.4, -0.2) is 22.6 Å². The number of amides is 1. The molecule has 0 atom stereocenters. The highest BCUT2D eigenvalue weighted by atomic mass is 32.1. The van der Waals surface area contributed by atoms with E-state index >= 15 is 0 Å². The zero-order valence-corrected chi connectivity index (χ0v) is 18.2. The van der Waals surface area contributed by atoms with Crippen LogP contribution in [0, 0.1) is 0 Å². The number of carbonyl (C=O) groups is 1. The van der Waals surface area contributed by atoms with E-state index in [1.807, 2.05) is 60.7 Å². The molecule has 0 saturated heterocycles. The highest BCUT2D eigenvalue weighted by molar-refractivity contribution is 7.15. The van der Waals surface area contributed by atoms with Crippen molar-refractivity contribution in [1.29, 1.82) is 0 Å². The fourth-order valence-corrected chi connectivity index (χ4v) is 4.39. The van der Waals surface area contributed by atoms with Gasteiger partial charge in [-0.05, 0) is 47.9 Å². The summed E-state index contributed by atoms with van der Waals surface area (Å²) < 4.78 is 6.03. The SMILES string of the molecule is O=C(Nc1nnc(COc2ccccc2-c2ccccc2)s1)c1ccc2c(c1)CCNC2. The number of anilines is 1. The zero-order chi connectivity index (χ0) is 21.8. The highest BCUT2D eigenvalue weighted by Crippen LogP contribution is 2.30. The summed E-state index contributed by atoms with van der Waals surface area (Å²) in [6, 6.07) is 23.9. The van der Waals surface area contributed by atoms with E-state index in [1.165, 1.54) is 22.5 Å². The second-order valence-electron chi connectivity index (χ2n) is 7.52. The first-order valence-corrected chi connectivity index (χ1v) is 11.3. The second kappa shape index (κ2) is 9.30. The van der Waals surface area contributed by atoms with Crippen molar-refractivity contribution in [2.75, 3.05) is 11.9 Å². The molecule has 2 heterocycles. The average Bonchev–Trinajstić information content (AvgIpc) is 3.30. The minimum Gasteiger partial charge on any atom is -0.486 e. The molecule has 0 radical (unpaired) electrons. The number of nitrogens with zero attached hydrogens (tertiary/aromatic N) is 2. The van der Waals surface area contributed by atoms with Gasteiger partial charge in [-0.25, -0.2) is 0 Å². The van der Waals surface area contributed by atoms with Crippen molar-refractivity contribution in [2.45, 2.75) is 19.6 Å². The Hall–Kier alpha value is -3.55. The normalized spacial score (nSPS) is 12.8. The van der Waals surface area contributed by atoms with E-state index in [1.54, 1.807) is 0 Å². The number of hydrogen-bond acceptors (Lipinski definition) is 6. The van der Waals surface area contributed by atoms with Crippen LogP contribution in [0.25, 0.3) is 11.1 Å². The van der Waals surface area contributed by atoms with Crippen molar-refractivity contribution < 1.29 is 9.53 Å². The maximum atomic E-state index is 12.7. The molecular formula is C25H22N4O2S. The van der Waals surface area contributed by atoms with Crippen LogP contribution in [0.5, 0.6) is 5.75 Å². The van der Waals surface area contributed by atoms with Crippen LogP contribution in [0.15, 0.2) is 72.8 Å². The minimum absolute atomic E-state index is 0.177. The van der Waals surface area contributed by atoms with Crippen molar-refractivity contribution in [2.24, 2.45) is 0 Å². The number of benzene rings is 3. The van der Waals surface area contributed by atoms with Crippen LogP contribution in [0.3, 0.4) is 0 Å². The molecule has 0 aliphatic carbocycles. The van der Waals surface area contributed by atoms with Crippen molar-refractivity contribution in [1.82, 2.24) is 15.5 Å². The lowest BCUT2D eigenvalue weighted by atomic mass is 9.98. The summed E-state index contributed by atoms with van der Waals surface area (Å²) in [5.41, 5.74) is 5.22. The van der Waals surface area contributed by atoms with Crippen LogP contribution in [0.2, 0.25) is 0 Å². The van der Waals surface area contributed by atoms with E-state index in [-0.39, 0.29) is 12.5 Å². The third-order valence-corrected chi connectivity index (χ3v) is 6.18. The van der Waals surface area contributed by atoms with Crippen molar-refractivity contribution in [3.8, 4) is 16.9 Å². The Morgan fingerprint density at radius 1 is 1.00 bits per heavy atom. The lowest BCUT2D eigenvalue weighted by molar-refractivity contribution is 0.102. The summed E-state index contributed by atoms with van der Waals surface area (Å²) in [4.78, 5) is 12.7. The molecular weight excluding hydrogens is 420 g/mol. The van der Waals surface area contributed by atoms with E-state index in [4.69, 9.17) is 4.74 Å². The van der Waals surface area contributed by atoms with Gasteiger partial charge in [0.05, 0.1) is 0 Å². The Morgan fingerprint density at radius 2 is 1.84 bits per heavy atom. The van der Waals surface area contributed by atoms with Gasteiger partial charge in [0.1, 0.15) is 12.4 Å². The molecule has 32 heavy (non-hydrogen) atoms. The number of aromatic nitrogens is 2. The minimum atomic E-state index is -0.177. The molecule has 3 aromatic carbocycles. The molecule has 160 valence electrons. The van der Waals surface area contributed by atoms with E-state index in [0.717, 1.165) is 36.4 Å². The first-order valence-electron chi connectivity index (χ1n) is 10.5. The Bertz CT molecular complexity index is 1240. The van der Waals surface area contributed by atoms with Gasteiger partial charge in [-0.3, -0.25) is 10.1 Å². The summed E-state index contributed by atoms with van der Waals surface area (Å²) in [6.07, 6.45) is 0.932. The van der Waals surface area contributed by atoms with Gasteiger partial charge < -0.3 is 10.1 Å². The lowest BCUT2D eigenvalue weighted by Gasteiger charge is -2.17. The maximum Gasteiger partial charge on any atom is 0.257 e. The molecule has 0 fully saturated rings. The Kier molecular flexibility index (Phi) is 5.91. The summed E-state index contributed by atoms with van der Waals surface area (Å²) in [7, 11) is 0. The number of rotatable bonds is 6. The van der Waals surface area contributed by atoms with Gasteiger partial charge in [0.2, 0.25) is 5.13 Å². The summed E-state index contributed by atoms with van der Waals surface area (Å²) >= 11 is 1.32. The second-order valence-corrected chi connectivity index (χ2v) is 8.58. The molecule has 1 amide bonds. The van der Waals surface area contributed by atoms with E-state index in [9.17, 15) is 4.79 Å². The molecule has 7 heteroatoms. The fraction of sp³-hybridized carbons (Fsp3) is 0.160. The smallest absolute Gasteiger partial charge is 0.257 e. The zero-order valence-electron chi connectivity index (χ0n) is 17.4. The molecule has 4 aromatic rings. The van der Waals surface area contributed by atoms with E-state index < -0.39 is 0 Å². The van der Waals surface area contributed by atoms with Crippen molar-refractivity contribution in [3.63, 3.8) is 0 Å². The van der Waals surface area contributed by atoms with Gasteiger partial charge >= 0.3 is 0 Å². The number of nitrogens with one attached hydrogen (secondary N) is 2. The summed E-state index contributed by atoms with van der Waals surface area (Å²) in [6.45, 7) is 2.07. The number of fused-ring (bicyclic) bond motifs is 1. The summed E-state index contributed by atoms with van der Waals surface area (Å²) in [5.74, 6) is 0.604. The number of carbonyl (C=O) groups excluding carboxylic acids is 1. The predicted molar refractivity (Wildman–Crippen MR) is 126 cm³/mol. The quantitative estimate of drug-likeness (QED) is 0.453. The first kappa shape index (κ1) is 20.4. The Labute approximate surface area is 190 Å². The number of hydrogen-bond donors (Lipinski definition) is 2. The molecule has 6 nitrogen and oxygen atoms in total. The van der Waals surface area contributed by atoms with Crippen LogP contribution in [-0.2, 0) is 19.6 Å². The predicted octanol–water partition coefficient (Wildman–Crippen LogP) is 4.68. The van der Waals surface area contributed by atoms with Gasteiger partial charge in [0.25, 0.3) is 5.91 Å². The molecule has 0 unspecified atom stereocenters. The molecule has 2 N–H and O–H groups in total. The van der Waals surface area contributed by atoms with Gasteiger partial charge in [0.15, 0.2) is 5.01 Å². The molecule has 1 aliphatic heterocycles. The third-order valence-electron chi connectivity index (χ3n) is 5.37. The van der Waals surface area contributed by atoms with E-state index in [0.29, 0.717) is 15.7 Å². The standard InChI is InChI=1S/C25H22N4O2S/c30-24(19-10-11-20-15-26-13-12-18(20)14-19)27-25-29-28-23(32-25)16-31-22-9-5-4-8-21(22)17-6-2-1-3-7-17/h1-11,14,26H,12-13,15-16H2,(H,27,29,30).